The normalized spacial score (nSPS) is 16.1. The summed E-state index contributed by atoms with van der Waals surface area (Å²) in [5, 5.41) is 3.72. The summed E-state index contributed by atoms with van der Waals surface area (Å²) in [5.74, 6) is 0.626. The van der Waals surface area contributed by atoms with Crippen LogP contribution in [0.15, 0.2) is 28.2 Å². The zero-order valence-electron chi connectivity index (χ0n) is 14.3. The van der Waals surface area contributed by atoms with E-state index in [-0.39, 0.29) is 23.9 Å². The highest BCUT2D eigenvalue weighted by Gasteiger charge is 2.27. The number of rotatable bonds is 3. The van der Waals surface area contributed by atoms with Crippen molar-refractivity contribution < 1.29 is 4.79 Å². The molecule has 1 unspecified atom stereocenters. The maximum Gasteiger partial charge on any atom is 0.254 e. The van der Waals surface area contributed by atoms with Crippen LogP contribution < -0.4 is 10.9 Å². The quantitative estimate of drug-likeness (QED) is 0.870. The van der Waals surface area contributed by atoms with Gasteiger partial charge in [0.1, 0.15) is 0 Å². The molecule has 1 N–H and O–H groups in total. The fraction of sp³-hybridized carbons (Fsp3) is 0.389. The predicted molar refractivity (Wildman–Crippen MR) is 96.9 cm³/mol. The van der Waals surface area contributed by atoms with Gasteiger partial charge in [0, 0.05) is 29.6 Å². The molecule has 0 aliphatic carbocycles. The van der Waals surface area contributed by atoms with Crippen molar-refractivity contribution in [2.24, 2.45) is 0 Å². The lowest BCUT2D eigenvalue weighted by atomic mass is 10.0. The monoisotopic (exact) mass is 343 g/mol. The van der Waals surface area contributed by atoms with Crippen LogP contribution in [-0.2, 0) is 4.79 Å². The van der Waals surface area contributed by atoms with Gasteiger partial charge in [-0.3, -0.25) is 14.2 Å². The Balaban J connectivity index is 1.78. The number of amides is 1. The molecule has 1 aliphatic heterocycles. The van der Waals surface area contributed by atoms with Crippen molar-refractivity contribution in [1.82, 2.24) is 9.55 Å². The molecule has 0 bridgehead atoms. The maximum atomic E-state index is 12.5. The number of carbonyl (C=O) groups is 1. The van der Waals surface area contributed by atoms with Gasteiger partial charge in [0.05, 0.1) is 6.04 Å². The molecule has 5 nitrogen and oxygen atoms in total. The van der Waals surface area contributed by atoms with Crippen molar-refractivity contribution in [1.29, 1.82) is 0 Å². The SMILES string of the molecule is Cc1cc(C)c(NC(=O)CC2CSc3nc(C)cc(=O)n32)c(C)c1. The predicted octanol–water partition coefficient (Wildman–Crippen LogP) is 3.15. The highest BCUT2D eigenvalue weighted by Crippen LogP contribution is 2.32. The van der Waals surface area contributed by atoms with E-state index in [1.165, 1.54) is 23.4 Å². The van der Waals surface area contributed by atoms with Crippen molar-refractivity contribution in [2.45, 2.75) is 45.3 Å². The first-order valence-electron chi connectivity index (χ1n) is 7.96. The Labute approximate surface area is 145 Å². The lowest BCUT2D eigenvalue weighted by molar-refractivity contribution is -0.116. The van der Waals surface area contributed by atoms with Gasteiger partial charge in [-0.25, -0.2) is 4.98 Å². The summed E-state index contributed by atoms with van der Waals surface area (Å²) < 4.78 is 1.64. The number of nitrogens with zero attached hydrogens (tertiary/aromatic N) is 2. The van der Waals surface area contributed by atoms with Gasteiger partial charge in [-0.15, -0.1) is 0 Å². The minimum atomic E-state index is -0.142. The summed E-state index contributed by atoms with van der Waals surface area (Å²) in [5.41, 5.74) is 4.79. The number of aryl methyl sites for hydroxylation is 4. The molecule has 0 saturated carbocycles. The molecule has 1 aromatic carbocycles. The summed E-state index contributed by atoms with van der Waals surface area (Å²) in [6.07, 6.45) is 0.275. The van der Waals surface area contributed by atoms with Gasteiger partial charge in [0.15, 0.2) is 5.16 Å². The topological polar surface area (TPSA) is 64.0 Å². The van der Waals surface area contributed by atoms with Gasteiger partial charge < -0.3 is 5.32 Å². The van der Waals surface area contributed by atoms with E-state index in [1.807, 2.05) is 27.7 Å². The third kappa shape index (κ3) is 3.24. The maximum absolute atomic E-state index is 12.5. The lowest BCUT2D eigenvalue weighted by Crippen LogP contribution is -2.27. The Morgan fingerprint density at radius 1 is 1.25 bits per heavy atom. The first-order chi connectivity index (χ1) is 11.3. The number of hydrogen-bond acceptors (Lipinski definition) is 4. The highest BCUT2D eigenvalue weighted by molar-refractivity contribution is 7.99. The van der Waals surface area contributed by atoms with Crippen LogP contribution in [0.4, 0.5) is 5.69 Å². The average molecular weight is 343 g/mol. The molecule has 3 rings (SSSR count). The summed E-state index contributed by atoms with van der Waals surface area (Å²) in [6.45, 7) is 7.84. The molecule has 24 heavy (non-hydrogen) atoms. The minimum Gasteiger partial charge on any atom is -0.326 e. The second-order valence-electron chi connectivity index (χ2n) is 6.38. The Kier molecular flexibility index (Phi) is 4.49. The highest BCUT2D eigenvalue weighted by atomic mass is 32.2. The molecule has 6 heteroatoms. The molecule has 0 saturated heterocycles. The smallest absolute Gasteiger partial charge is 0.254 e. The van der Waals surface area contributed by atoms with E-state index in [1.54, 1.807) is 4.57 Å². The number of aromatic nitrogens is 2. The number of thioether (sulfide) groups is 1. The average Bonchev–Trinajstić information content (AvgIpc) is 2.85. The number of benzene rings is 1. The molecule has 0 fully saturated rings. The molecule has 1 aliphatic rings. The lowest BCUT2D eigenvalue weighted by Gasteiger charge is -2.16. The van der Waals surface area contributed by atoms with Gasteiger partial charge in [-0.1, -0.05) is 29.5 Å². The molecule has 2 aromatic rings. The van der Waals surface area contributed by atoms with Crippen molar-refractivity contribution in [2.75, 3.05) is 11.1 Å². The zero-order valence-corrected chi connectivity index (χ0v) is 15.2. The number of hydrogen-bond donors (Lipinski definition) is 1. The van der Waals surface area contributed by atoms with Crippen molar-refractivity contribution in [3.8, 4) is 0 Å². The molecule has 1 aromatic heterocycles. The molecule has 0 radical (unpaired) electrons. The largest absolute Gasteiger partial charge is 0.326 e. The number of carbonyl (C=O) groups excluding carboxylic acids is 1. The minimum absolute atomic E-state index is 0.0732. The second kappa shape index (κ2) is 6.43. The van der Waals surface area contributed by atoms with Crippen molar-refractivity contribution in [3.05, 3.63) is 50.9 Å². The Morgan fingerprint density at radius 3 is 2.58 bits per heavy atom. The van der Waals surface area contributed by atoms with E-state index >= 15 is 0 Å². The van der Waals surface area contributed by atoms with E-state index in [4.69, 9.17) is 0 Å². The molecule has 1 atom stereocenters. The molecule has 0 spiro atoms. The summed E-state index contributed by atoms with van der Waals surface area (Å²) >= 11 is 1.53. The van der Waals surface area contributed by atoms with Crippen molar-refractivity contribution >= 4 is 23.4 Å². The van der Waals surface area contributed by atoms with Gasteiger partial charge in [0.2, 0.25) is 5.91 Å². The Morgan fingerprint density at radius 2 is 1.92 bits per heavy atom. The molecule has 2 heterocycles. The van der Waals surface area contributed by atoms with E-state index in [0.717, 1.165) is 22.5 Å². The molecule has 126 valence electrons. The van der Waals surface area contributed by atoms with Gasteiger partial charge in [-0.05, 0) is 38.8 Å². The fourth-order valence-electron chi connectivity index (χ4n) is 3.19. The number of anilines is 1. The van der Waals surface area contributed by atoms with Crippen LogP contribution in [0.5, 0.6) is 0 Å². The standard InChI is InChI=1S/C18H21N3O2S/c1-10-5-11(2)17(12(3)6-10)20-15(22)8-14-9-24-18-19-13(4)7-16(23)21(14)18/h5-7,14H,8-9H2,1-4H3,(H,20,22). The first-order valence-corrected chi connectivity index (χ1v) is 8.94. The number of fused-ring (bicyclic) bond motifs is 1. The molecular weight excluding hydrogens is 322 g/mol. The Hall–Kier alpha value is -2.08. The number of nitrogens with one attached hydrogen (secondary N) is 1. The van der Waals surface area contributed by atoms with Crippen LogP contribution in [0, 0.1) is 27.7 Å². The molecule has 1 amide bonds. The third-order valence-corrected chi connectivity index (χ3v) is 5.28. The Bertz CT molecular complexity index is 850. The van der Waals surface area contributed by atoms with Crippen LogP contribution in [-0.4, -0.2) is 21.2 Å². The second-order valence-corrected chi connectivity index (χ2v) is 7.37. The van der Waals surface area contributed by atoms with E-state index < -0.39 is 0 Å². The fourth-order valence-corrected chi connectivity index (χ4v) is 4.39. The first kappa shape index (κ1) is 16.8. The van der Waals surface area contributed by atoms with Crippen molar-refractivity contribution in [3.63, 3.8) is 0 Å². The van der Waals surface area contributed by atoms with Gasteiger partial charge >= 0.3 is 0 Å². The van der Waals surface area contributed by atoms with E-state index in [2.05, 4.69) is 22.4 Å². The van der Waals surface area contributed by atoms with Gasteiger partial charge in [0.25, 0.3) is 5.56 Å². The van der Waals surface area contributed by atoms with E-state index in [0.29, 0.717) is 10.9 Å². The zero-order chi connectivity index (χ0) is 17.4. The summed E-state index contributed by atoms with van der Waals surface area (Å²) in [7, 11) is 0. The van der Waals surface area contributed by atoms with Crippen LogP contribution in [0.2, 0.25) is 0 Å². The third-order valence-electron chi connectivity index (χ3n) is 4.18. The summed E-state index contributed by atoms with van der Waals surface area (Å²) in [6, 6.07) is 5.49. The van der Waals surface area contributed by atoms with E-state index in [9.17, 15) is 9.59 Å². The van der Waals surface area contributed by atoms with Crippen LogP contribution in [0.1, 0.15) is 34.8 Å². The molecular formula is C18H21N3O2S. The summed E-state index contributed by atoms with van der Waals surface area (Å²) in [4.78, 5) is 29.1. The van der Waals surface area contributed by atoms with Gasteiger partial charge in [-0.2, -0.15) is 0 Å². The van der Waals surface area contributed by atoms with Crippen LogP contribution in [0.25, 0.3) is 0 Å². The van der Waals surface area contributed by atoms with Crippen LogP contribution in [0.3, 0.4) is 0 Å². The van der Waals surface area contributed by atoms with Crippen LogP contribution >= 0.6 is 11.8 Å².